The van der Waals surface area contributed by atoms with E-state index in [9.17, 15) is 4.79 Å². The van der Waals surface area contributed by atoms with Crippen LogP contribution in [0.4, 0.5) is 0 Å². The van der Waals surface area contributed by atoms with E-state index in [1.54, 1.807) is 0 Å². The molecule has 0 spiro atoms. The van der Waals surface area contributed by atoms with Crippen molar-refractivity contribution in [1.29, 1.82) is 0 Å². The van der Waals surface area contributed by atoms with Gasteiger partial charge in [-0.2, -0.15) is 0 Å². The lowest BCUT2D eigenvalue weighted by atomic mass is 10.1. The molecule has 36 heavy (non-hydrogen) atoms. The number of aryl methyl sites for hydroxylation is 3. The number of nitrogens with one attached hydrogen (secondary N) is 1. The standard InChI is InChI=1S/C31H37N3O2/c1-25-14-7-8-15-26(25)24-31(35)32-21-11-3-6-20-30-33-28-18-9-10-19-29(28)34(30)22-12-13-23-36-27-16-4-2-5-17-27/h2,4-5,7-10,14-19H,3,6,11-13,20-24H2,1H3,(H,32,35). The second-order valence-electron chi connectivity index (χ2n) is 9.30. The average Bonchev–Trinajstić information content (AvgIpc) is 3.25. The van der Waals surface area contributed by atoms with Crippen molar-refractivity contribution in [3.8, 4) is 5.75 Å². The van der Waals surface area contributed by atoms with Crippen LogP contribution in [-0.4, -0.2) is 28.6 Å². The molecule has 5 nitrogen and oxygen atoms in total. The summed E-state index contributed by atoms with van der Waals surface area (Å²) >= 11 is 0. The molecule has 0 radical (unpaired) electrons. The van der Waals surface area contributed by atoms with Crippen molar-refractivity contribution < 1.29 is 9.53 Å². The lowest BCUT2D eigenvalue weighted by Gasteiger charge is -2.10. The minimum absolute atomic E-state index is 0.0994. The number of nitrogens with zero attached hydrogens (tertiary/aromatic N) is 2. The molecule has 0 bridgehead atoms. The Balaban J connectivity index is 1.19. The highest BCUT2D eigenvalue weighted by molar-refractivity contribution is 5.78. The molecule has 5 heteroatoms. The quantitative estimate of drug-likeness (QED) is 0.215. The Morgan fingerprint density at radius 3 is 2.50 bits per heavy atom. The predicted molar refractivity (Wildman–Crippen MR) is 146 cm³/mol. The van der Waals surface area contributed by atoms with Gasteiger partial charge in [-0.05, 0) is 68.0 Å². The number of carbonyl (C=O) groups excluding carboxylic acids is 1. The Bertz CT molecular complexity index is 1230. The van der Waals surface area contributed by atoms with Crippen LogP contribution in [0.15, 0.2) is 78.9 Å². The molecule has 0 atom stereocenters. The zero-order chi connectivity index (χ0) is 25.0. The normalized spacial score (nSPS) is 11.0. The Hall–Kier alpha value is -3.60. The zero-order valence-electron chi connectivity index (χ0n) is 21.3. The molecule has 1 heterocycles. The number of aromatic nitrogens is 2. The fourth-order valence-corrected chi connectivity index (χ4v) is 4.50. The zero-order valence-corrected chi connectivity index (χ0v) is 21.3. The van der Waals surface area contributed by atoms with Crippen molar-refractivity contribution >= 4 is 16.9 Å². The number of ether oxygens (including phenoxy) is 1. The van der Waals surface area contributed by atoms with E-state index in [0.717, 1.165) is 80.9 Å². The predicted octanol–water partition coefficient (Wildman–Crippen LogP) is 6.28. The smallest absolute Gasteiger partial charge is 0.224 e. The van der Waals surface area contributed by atoms with Gasteiger partial charge >= 0.3 is 0 Å². The Morgan fingerprint density at radius 2 is 1.64 bits per heavy atom. The van der Waals surface area contributed by atoms with Crippen LogP contribution in [0.2, 0.25) is 0 Å². The summed E-state index contributed by atoms with van der Waals surface area (Å²) < 4.78 is 8.22. The summed E-state index contributed by atoms with van der Waals surface area (Å²) in [7, 11) is 0. The van der Waals surface area contributed by atoms with Gasteiger partial charge in [0.1, 0.15) is 11.6 Å². The molecule has 4 rings (SSSR count). The molecule has 1 N–H and O–H groups in total. The third-order valence-electron chi connectivity index (χ3n) is 6.53. The molecule has 1 aromatic heterocycles. The third-order valence-corrected chi connectivity index (χ3v) is 6.53. The number of hydrogen-bond donors (Lipinski definition) is 1. The van der Waals surface area contributed by atoms with E-state index >= 15 is 0 Å². The average molecular weight is 484 g/mol. The number of rotatable bonds is 14. The summed E-state index contributed by atoms with van der Waals surface area (Å²) in [5, 5.41) is 3.07. The second-order valence-corrected chi connectivity index (χ2v) is 9.30. The summed E-state index contributed by atoms with van der Waals surface area (Å²) in [5.41, 5.74) is 4.54. The summed E-state index contributed by atoms with van der Waals surface area (Å²) in [6.07, 6.45) is 6.57. The van der Waals surface area contributed by atoms with E-state index < -0.39 is 0 Å². The molecule has 3 aromatic carbocycles. The van der Waals surface area contributed by atoms with Crippen LogP contribution in [0.1, 0.15) is 49.1 Å². The highest BCUT2D eigenvalue weighted by atomic mass is 16.5. The van der Waals surface area contributed by atoms with Crippen LogP contribution in [0.25, 0.3) is 11.0 Å². The van der Waals surface area contributed by atoms with Gasteiger partial charge in [-0.1, -0.05) is 61.0 Å². The van der Waals surface area contributed by atoms with Crippen molar-refractivity contribution in [2.45, 2.75) is 58.4 Å². The third kappa shape index (κ3) is 7.45. The van der Waals surface area contributed by atoms with E-state index in [2.05, 4.69) is 47.1 Å². The number of benzene rings is 3. The van der Waals surface area contributed by atoms with Crippen molar-refractivity contribution in [1.82, 2.24) is 14.9 Å². The van der Waals surface area contributed by atoms with Gasteiger partial charge in [0.2, 0.25) is 5.91 Å². The molecular formula is C31H37N3O2. The lowest BCUT2D eigenvalue weighted by molar-refractivity contribution is -0.120. The fraction of sp³-hybridized carbons (Fsp3) is 0.355. The Morgan fingerprint density at radius 1 is 0.861 bits per heavy atom. The molecule has 4 aromatic rings. The van der Waals surface area contributed by atoms with Gasteiger partial charge in [-0.15, -0.1) is 0 Å². The van der Waals surface area contributed by atoms with E-state index in [1.807, 2.05) is 48.5 Å². The van der Waals surface area contributed by atoms with Gasteiger partial charge in [0.15, 0.2) is 0 Å². The largest absolute Gasteiger partial charge is 0.494 e. The number of hydrogen-bond acceptors (Lipinski definition) is 3. The van der Waals surface area contributed by atoms with Crippen LogP contribution in [0.5, 0.6) is 5.75 Å². The topological polar surface area (TPSA) is 56.2 Å². The van der Waals surface area contributed by atoms with Gasteiger partial charge in [-0.3, -0.25) is 4.79 Å². The first-order valence-corrected chi connectivity index (χ1v) is 13.1. The minimum atomic E-state index is 0.0994. The van der Waals surface area contributed by atoms with Crippen molar-refractivity contribution in [3.05, 3.63) is 95.8 Å². The van der Waals surface area contributed by atoms with Crippen LogP contribution in [0, 0.1) is 6.92 Å². The molecule has 0 saturated heterocycles. The minimum Gasteiger partial charge on any atom is -0.494 e. The maximum Gasteiger partial charge on any atom is 0.224 e. The van der Waals surface area contributed by atoms with E-state index in [-0.39, 0.29) is 5.91 Å². The van der Waals surface area contributed by atoms with Gasteiger partial charge in [0, 0.05) is 19.5 Å². The molecule has 188 valence electrons. The number of imidazole rings is 1. The molecule has 0 aliphatic heterocycles. The monoisotopic (exact) mass is 483 g/mol. The fourth-order valence-electron chi connectivity index (χ4n) is 4.50. The van der Waals surface area contributed by atoms with Crippen LogP contribution < -0.4 is 10.1 Å². The van der Waals surface area contributed by atoms with Crippen LogP contribution in [0.3, 0.4) is 0 Å². The molecule has 0 aliphatic rings. The first kappa shape index (κ1) is 25.5. The molecular weight excluding hydrogens is 446 g/mol. The summed E-state index contributed by atoms with van der Waals surface area (Å²) in [6.45, 7) is 4.45. The van der Waals surface area contributed by atoms with Gasteiger partial charge < -0.3 is 14.6 Å². The van der Waals surface area contributed by atoms with Crippen molar-refractivity contribution in [3.63, 3.8) is 0 Å². The maximum atomic E-state index is 12.3. The van der Waals surface area contributed by atoms with Crippen molar-refractivity contribution in [2.24, 2.45) is 0 Å². The number of para-hydroxylation sites is 3. The van der Waals surface area contributed by atoms with Gasteiger partial charge in [0.05, 0.1) is 24.1 Å². The molecule has 0 saturated carbocycles. The molecule has 0 fully saturated rings. The summed E-state index contributed by atoms with van der Waals surface area (Å²) in [5.74, 6) is 2.18. The van der Waals surface area contributed by atoms with Crippen LogP contribution in [-0.2, 0) is 24.2 Å². The van der Waals surface area contributed by atoms with Gasteiger partial charge in [-0.25, -0.2) is 4.98 Å². The summed E-state index contributed by atoms with van der Waals surface area (Å²) in [6, 6.07) is 26.5. The maximum absolute atomic E-state index is 12.3. The van der Waals surface area contributed by atoms with E-state index in [0.29, 0.717) is 6.42 Å². The number of unbranched alkanes of at least 4 members (excludes halogenated alkanes) is 3. The summed E-state index contributed by atoms with van der Waals surface area (Å²) in [4.78, 5) is 17.2. The first-order chi connectivity index (χ1) is 17.7. The van der Waals surface area contributed by atoms with E-state index in [1.165, 1.54) is 11.1 Å². The Kier molecular flexibility index (Phi) is 9.54. The number of amides is 1. The van der Waals surface area contributed by atoms with Crippen LogP contribution >= 0.6 is 0 Å². The number of fused-ring (bicyclic) bond motifs is 1. The molecule has 1 amide bonds. The van der Waals surface area contributed by atoms with E-state index in [4.69, 9.17) is 9.72 Å². The second kappa shape index (κ2) is 13.5. The SMILES string of the molecule is Cc1ccccc1CC(=O)NCCCCCc1nc2ccccc2n1CCCCOc1ccccc1. The highest BCUT2D eigenvalue weighted by Gasteiger charge is 2.10. The Labute approximate surface area is 214 Å². The first-order valence-electron chi connectivity index (χ1n) is 13.1. The highest BCUT2D eigenvalue weighted by Crippen LogP contribution is 2.19. The number of carbonyl (C=O) groups is 1. The molecule has 0 aliphatic carbocycles. The van der Waals surface area contributed by atoms with Crippen molar-refractivity contribution in [2.75, 3.05) is 13.2 Å². The lowest BCUT2D eigenvalue weighted by Crippen LogP contribution is -2.26. The molecule has 0 unspecified atom stereocenters. The van der Waals surface area contributed by atoms with Gasteiger partial charge in [0.25, 0.3) is 0 Å².